The molecule has 0 unspecified atom stereocenters. The second-order valence-corrected chi connectivity index (χ2v) is 8.59. The van der Waals surface area contributed by atoms with E-state index in [0.29, 0.717) is 32.2 Å². The number of furan rings is 1. The highest BCUT2D eigenvalue weighted by molar-refractivity contribution is 7.18. The maximum Gasteiger partial charge on any atom is 0.291 e. The van der Waals surface area contributed by atoms with Crippen LogP contribution in [0.5, 0.6) is 0 Å². The summed E-state index contributed by atoms with van der Waals surface area (Å²) in [6, 6.07) is 13.6. The van der Waals surface area contributed by atoms with Gasteiger partial charge in [0.2, 0.25) is 11.8 Å². The van der Waals surface area contributed by atoms with Gasteiger partial charge in [0.05, 0.1) is 33.3 Å². The molecular formula is C22H19ClN4O4S. The molecule has 8 nitrogen and oxygen atoms in total. The second-order valence-electron chi connectivity index (χ2n) is 7.10. The number of carbonyl (C=O) groups is 2. The van der Waals surface area contributed by atoms with Crippen molar-refractivity contribution < 1.29 is 18.4 Å². The number of aromatic nitrogens is 2. The third kappa shape index (κ3) is 4.74. The normalized spacial score (nSPS) is 11.0. The summed E-state index contributed by atoms with van der Waals surface area (Å²) in [4.78, 5) is 27.4. The molecule has 10 heteroatoms. The summed E-state index contributed by atoms with van der Waals surface area (Å²) in [6.45, 7) is 3.94. The molecule has 0 aliphatic heterocycles. The number of carbonyl (C=O) groups excluding carboxylic acids is 2. The quantitative estimate of drug-likeness (QED) is 0.390. The summed E-state index contributed by atoms with van der Waals surface area (Å²) in [5.74, 6) is 0.196. The molecule has 2 amide bonds. The van der Waals surface area contributed by atoms with E-state index in [9.17, 15) is 9.59 Å². The molecule has 3 aromatic heterocycles. The molecule has 0 saturated carbocycles. The first-order valence-electron chi connectivity index (χ1n) is 9.75. The Hall–Kier alpha value is -3.43. The van der Waals surface area contributed by atoms with Crippen molar-refractivity contribution in [3.8, 4) is 11.5 Å². The number of halogens is 1. The van der Waals surface area contributed by atoms with E-state index in [0.717, 1.165) is 0 Å². The standard InChI is InChI=1S/C22H19ClN4O4S/c1-13(2)27(12-18-25-26-21(31-18)14-6-3-4-7-15(14)23)22(29)17-9-10-19(32-17)24-20(28)16-8-5-11-30-16/h3-11,13H,12H2,1-2H3,(H,24,28). The smallest absolute Gasteiger partial charge is 0.291 e. The predicted molar refractivity (Wildman–Crippen MR) is 121 cm³/mol. The van der Waals surface area contributed by atoms with Gasteiger partial charge in [0.25, 0.3) is 11.8 Å². The number of anilines is 1. The zero-order valence-corrected chi connectivity index (χ0v) is 18.8. The number of hydrogen-bond acceptors (Lipinski definition) is 7. The number of hydrogen-bond donors (Lipinski definition) is 1. The molecule has 0 aliphatic rings. The molecule has 4 rings (SSSR count). The van der Waals surface area contributed by atoms with E-state index in [-0.39, 0.29) is 30.2 Å². The van der Waals surface area contributed by atoms with E-state index in [2.05, 4.69) is 15.5 Å². The fourth-order valence-electron chi connectivity index (χ4n) is 2.94. The monoisotopic (exact) mass is 470 g/mol. The van der Waals surface area contributed by atoms with Crippen LogP contribution >= 0.6 is 22.9 Å². The molecule has 3 heterocycles. The summed E-state index contributed by atoms with van der Waals surface area (Å²) in [6.07, 6.45) is 1.42. The van der Waals surface area contributed by atoms with Crippen molar-refractivity contribution in [3.63, 3.8) is 0 Å². The minimum Gasteiger partial charge on any atom is -0.459 e. The molecule has 0 spiro atoms. The van der Waals surface area contributed by atoms with Crippen molar-refractivity contribution in [1.29, 1.82) is 0 Å². The molecule has 0 fully saturated rings. The molecule has 164 valence electrons. The van der Waals surface area contributed by atoms with E-state index >= 15 is 0 Å². The fraction of sp³-hybridized carbons (Fsp3) is 0.182. The van der Waals surface area contributed by atoms with Crippen LogP contribution in [0.2, 0.25) is 5.02 Å². The minimum atomic E-state index is -0.380. The van der Waals surface area contributed by atoms with Crippen LogP contribution < -0.4 is 5.32 Å². The van der Waals surface area contributed by atoms with Gasteiger partial charge in [-0.25, -0.2) is 0 Å². The molecule has 0 atom stereocenters. The lowest BCUT2D eigenvalue weighted by Crippen LogP contribution is -2.36. The molecule has 0 bridgehead atoms. The summed E-state index contributed by atoms with van der Waals surface area (Å²) in [7, 11) is 0. The number of rotatable bonds is 7. The van der Waals surface area contributed by atoms with E-state index < -0.39 is 0 Å². The highest BCUT2D eigenvalue weighted by Crippen LogP contribution is 2.28. The van der Waals surface area contributed by atoms with Gasteiger partial charge in [-0.2, -0.15) is 0 Å². The lowest BCUT2D eigenvalue weighted by Gasteiger charge is -2.24. The van der Waals surface area contributed by atoms with Gasteiger partial charge in [-0.3, -0.25) is 9.59 Å². The zero-order valence-electron chi connectivity index (χ0n) is 17.2. The first-order chi connectivity index (χ1) is 15.4. The van der Waals surface area contributed by atoms with Crippen LogP contribution in [0.25, 0.3) is 11.5 Å². The van der Waals surface area contributed by atoms with Crippen molar-refractivity contribution in [3.05, 3.63) is 76.3 Å². The van der Waals surface area contributed by atoms with Crippen LogP contribution in [0.1, 0.15) is 40.0 Å². The Morgan fingerprint density at radius 3 is 2.66 bits per heavy atom. The van der Waals surface area contributed by atoms with Gasteiger partial charge in [-0.1, -0.05) is 23.7 Å². The average molecular weight is 471 g/mol. The Morgan fingerprint density at radius 2 is 1.94 bits per heavy atom. The first-order valence-corrected chi connectivity index (χ1v) is 10.9. The zero-order chi connectivity index (χ0) is 22.7. The summed E-state index contributed by atoms with van der Waals surface area (Å²) in [5, 5.41) is 11.9. The fourth-order valence-corrected chi connectivity index (χ4v) is 4.01. The van der Waals surface area contributed by atoms with E-state index in [1.165, 1.54) is 17.6 Å². The van der Waals surface area contributed by atoms with E-state index in [4.69, 9.17) is 20.4 Å². The maximum absolute atomic E-state index is 13.1. The molecule has 0 radical (unpaired) electrons. The van der Waals surface area contributed by atoms with E-state index in [1.54, 1.807) is 41.3 Å². The minimum absolute atomic E-state index is 0.124. The molecular weight excluding hydrogens is 452 g/mol. The molecule has 0 saturated heterocycles. The van der Waals surface area contributed by atoms with Gasteiger partial charge in [-0.05, 0) is 50.2 Å². The molecule has 0 aliphatic carbocycles. The molecule has 1 aromatic carbocycles. The van der Waals surface area contributed by atoms with Gasteiger partial charge < -0.3 is 19.1 Å². The number of nitrogens with one attached hydrogen (secondary N) is 1. The summed E-state index contributed by atoms with van der Waals surface area (Å²) >= 11 is 7.38. The van der Waals surface area contributed by atoms with Crippen molar-refractivity contribution in [2.75, 3.05) is 5.32 Å². The Bertz CT molecular complexity index is 1230. The highest BCUT2D eigenvalue weighted by atomic mass is 35.5. The number of amides is 2. The van der Waals surface area contributed by atoms with Gasteiger partial charge in [0.15, 0.2) is 5.76 Å². The van der Waals surface area contributed by atoms with Crippen molar-refractivity contribution in [2.24, 2.45) is 0 Å². The lowest BCUT2D eigenvalue weighted by atomic mass is 10.2. The van der Waals surface area contributed by atoms with Crippen LogP contribution in [0.15, 0.2) is 63.6 Å². The molecule has 1 N–H and O–H groups in total. The van der Waals surface area contributed by atoms with Gasteiger partial charge in [-0.15, -0.1) is 21.5 Å². The summed E-state index contributed by atoms with van der Waals surface area (Å²) < 4.78 is 10.8. The SMILES string of the molecule is CC(C)N(Cc1nnc(-c2ccccc2Cl)o1)C(=O)c1ccc(NC(=O)c2ccco2)s1. The topological polar surface area (TPSA) is 101 Å². The van der Waals surface area contributed by atoms with Crippen LogP contribution in [-0.4, -0.2) is 33.0 Å². The average Bonchev–Trinajstić information content (AvgIpc) is 3.53. The van der Waals surface area contributed by atoms with Crippen molar-refractivity contribution >= 4 is 39.8 Å². The predicted octanol–water partition coefficient (Wildman–Crippen LogP) is 5.35. The van der Waals surface area contributed by atoms with Crippen molar-refractivity contribution in [2.45, 2.75) is 26.4 Å². The van der Waals surface area contributed by atoms with Crippen LogP contribution in [0, 0.1) is 0 Å². The number of nitrogens with zero attached hydrogens (tertiary/aromatic N) is 3. The van der Waals surface area contributed by atoms with Crippen LogP contribution in [0.4, 0.5) is 5.00 Å². The Balaban J connectivity index is 1.48. The third-order valence-corrected chi connectivity index (χ3v) is 5.88. The lowest BCUT2D eigenvalue weighted by molar-refractivity contribution is 0.0677. The number of thiophene rings is 1. The largest absolute Gasteiger partial charge is 0.459 e. The second kappa shape index (κ2) is 9.37. The van der Waals surface area contributed by atoms with Gasteiger partial charge in [0, 0.05) is 6.04 Å². The molecule has 32 heavy (non-hydrogen) atoms. The van der Waals surface area contributed by atoms with Crippen LogP contribution in [0.3, 0.4) is 0 Å². The first kappa shape index (κ1) is 21.8. The van der Waals surface area contributed by atoms with Crippen LogP contribution in [-0.2, 0) is 6.54 Å². The Morgan fingerprint density at radius 1 is 1.12 bits per heavy atom. The Kier molecular flexibility index (Phi) is 6.38. The van der Waals surface area contributed by atoms with Crippen molar-refractivity contribution in [1.82, 2.24) is 15.1 Å². The van der Waals surface area contributed by atoms with Gasteiger partial charge >= 0.3 is 0 Å². The maximum atomic E-state index is 13.1. The van der Waals surface area contributed by atoms with Gasteiger partial charge in [0.1, 0.15) is 0 Å². The highest BCUT2D eigenvalue weighted by Gasteiger charge is 2.24. The molecule has 4 aromatic rings. The van der Waals surface area contributed by atoms with E-state index in [1.807, 2.05) is 26.0 Å². The summed E-state index contributed by atoms with van der Waals surface area (Å²) in [5.41, 5.74) is 0.630. The Labute approximate surface area is 192 Å². The third-order valence-electron chi connectivity index (χ3n) is 4.56. The number of benzene rings is 1.